The maximum atomic E-state index is 13.6. The lowest BCUT2D eigenvalue weighted by atomic mass is 10.1. The lowest BCUT2D eigenvalue weighted by molar-refractivity contribution is -0.139. The van der Waals surface area contributed by atoms with Crippen LogP contribution in [0, 0.1) is 0 Å². The van der Waals surface area contributed by atoms with Gasteiger partial charge in [0, 0.05) is 38.2 Å². The van der Waals surface area contributed by atoms with Crippen LogP contribution in [0.3, 0.4) is 0 Å². The van der Waals surface area contributed by atoms with E-state index in [9.17, 15) is 18.0 Å². The van der Waals surface area contributed by atoms with Crippen LogP contribution in [-0.4, -0.2) is 50.0 Å². The summed E-state index contributed by atoms with van der Waals surface area (Å²) < 4.78 is 26.2. The third-order valence-electron chi connectivity index (χ3n) is 6.07. The largest absolute Gasteiger partial charge is 0.352 e. The molecular formula is C24H27Cl4N3O4S. The number of benzene rings is 2. The van der Waals surface area contributed by atoms with E-state index in [4.69, 9.17) is 46.4 Å². The molecule has 1 saturated carbocycles. The summed E-state index contributed by atoms with van der Waals surface area (Å²) in [6, 6.07) is 8.30. The predicted octanol–water partition coefficient (Wildman–Crippen LogP) is 5.54. The molecule has 0 heterocycles. The van der Waals surface area contributed by atoms with Crippen LogP contribution in [0.4, 0.5) is 5.69 Å². The van der Waals surface area contributed by atoms with Gasteiger partial charge in [0.25, 0.3) is 0 Å². The maximum Gasteiger partial charge on any atom is 0.244 e. The fourth-order valence-corrected chi connectivity index (χ4v) is 5.99. The molecule has 0 radical (unpaired) electrons. The molecular weight excluding hydrogens is 568 g/mol. The van der Waals surface area contributed by atoms with E-state index in [0.29, 0.717) is 15.6 Å². The molecule has 196 valence electrons. The lowest BCUT2D eigenvalue weighted by Crippen LogP contribution is -2.52. The summed E-state index contributed by atoms with van der Waals surface area (Å²) in [4.78, 5) is 28.0. The normalized spacial score (nSPS) is 14.9. The van der Waals surface area contributed by atoms with Crippen molar-refractivity contribution in [2.45, 2.75) is 51.2 Å². The van der Waals surface area contributed by atoms with E-state index in [-0.39, 0.29) is 34.2 Å². The molecule has 12 heteroatoms. The van der Waals surface area contributed by atoms with Gasteiger partial charge in [-0.3, -0.25) is 13.9 Å². The molecule has 2 aromatic rings. The smallest absolute Gasteiger partial charge is 0.244 e. The molecule has 1 aliphatic rings. The van der Waals surface area contributed by atoms with Crippen molar-refractivity contribution in [3.05, 3.63) is 62.1 Å². The number of hydrogen-bond donors (Lipinski definition) is 1. The summed E-state index contributed by atoms with van der Waals surface area (Å²) in [7, 11) is -3.92. The Balaban J connectivity index is 1.95. The molecule has 1 N–H and O–H groups in total. The van der Waals surface area contributed by atoms with Crippen LogP contribution in [-0.2, 0) is 26.2 Å². The highest BCUT2D eigenvalue weighted by Gasteiger charge is 2.32. The molecule has 1 unspecified atom stereocenters. The molecule has 1 atom stereocenters. The zero-order valence-corrected chi connectivity index (χ0v) is 23.6. The van der Waals surface area contributed by atoms with Crippen LogP contribution < -0.4 is 9.62 Å². The second kappa shape index (κ2) is 12.2. The van der Waals surface area contributed by atoms with Crippen LogP contribution in [0.1, 0.15) is 38.2 Å². The second-order valence-corrected chi connectivity index (χ2v) is 12.4. The zero-order chi connectivity index (χ0) is 26.6. The SMILES string of the molecule is CC(C(=O)NC1CCCC1)N(Cc1c(Cl)cccc1Cl)C(=O)CN(c1cc(Cl)cc(Cl)c1)S(C)(=O)=O. The van der Waals surface area contributed by atoms with E-state index >= 15 is 0 Å². The Labute approximate surface area is 231 Å². The van der Waals surface area contributed by atoms with Gasteiger partial charge in [0.05, 0.1) is 11.9 Å². The Bertz CT molecular complexity index is 1200. The van der Waals surface area contributed by atoms with Crippen molar-refractivity contribution < 1.29 is 18.0 Å². The molecule has 7 nitrogen and oxygen atoms in total. The Morgan fingerprint density at radius 2 is 1.58 bits per heavy atom. The van der Waals surface area contributed by atoms with Gasteiger partial charge < -0.3 is 10.2 Å². The standard InChI is InChI=1S/C24H27Cl4N3O4S/c1-15(24(33)29-18-6-3-4-7-18)30(13-20-21(27)8-5-9-22(20)28)23(32)14-31(36(2,34)35)19-11-16(25)10-17(26)12-19/h5,8-12,15,18H,3-4,6-7,13-14H2,1-2H3,(H,29,33). The van der Waals surface area contributed by atoms with Crippen molar-refractivity contribution in [2.24, 2.45) is 0 Å². The molecule has 0 aromatic heterocycles. The molecule has 0 bridgehead atoms. The number of anilines is 1. The van der Waals surface area contributed by atoms with Crippen LogP contribution in [0.5, 0.6) is 0 Å². The number of hydrogen-bond acceptors (Lipinski definition) is 4. The average molecular weight is 595 g/mol. The van der Waals surface area contributed by atoms with Gasteiger partial charge in [-0.15, -0.1) is 0 Å². The van der Waals surface area contributed by atoms with Crippen molar-refractivity contribution >= 4 is 73.9 Å². The van der Waals surface area contributed by atoms with Gasteiger partial charge >= 0.3 is 0 Å². The van der Waals surface area contributed by atoms with E-state index in [2.05, 4.69) is 5.32 Å². The Hall–Kier alpha value is -1.71. The molecule has 1 aliphatic carbocycles. The molecule has 2 amide bonds. The first-order chi connectivity index (χ1) is 16.9. The van der Waals surface area contributed by atoms with Crippen molar-refractivity contribution in [2.75, 3.05) is 17.1 Å². The summed E-state index contributed by atoms with van der Waals surface area (Å²) >= 11 is 24.9. The summed E-state index contributed by atoms with van der Waals surface area (Å²) in [5.74, 6) is -0.961. The molecule has 0 saturated heterocycles. The van der Waals surface area contributed by atoms with Gasteiger partial charge in [-0.25, -0.2) is 8.42 Å². The number of halogens is 4. The van der Waals surface area contributed by atoms with E-state index < -0.39 is 28.5 Å². The molecule has 0 spiro atoms. The predicted molar refractivity (Wildman–Crippen MR) is 146 cm³/mol. The summed E-state index contributed by atoms with van der Waals surface area (Å²) in [5, 5.41) is 4.06. The Morgan fingerprint density at radius 1 is 1.03 bits per heavy atom. The van der Waals surface area contributed by atoms with E-state index in [1.165, 1.54) is 23.1 Å². The number of rotatable bonds is 9. The van der Waals surface area contributed by atoms with Gasteiger partial charge in [-0.2, -0.15) is 0 Å². The number of amides is 2. The highest BCUT2D eigenvalue weighted by Crippen LogP contribution is 2.29. The highest BCUT2D eigenvalue weighted by atomic mass is 35.5. The molecule has 3 rings (SSSR count). The highest BCUT2D eigenvalue weighted by molar-refractivity contribution is 7.92. The minimum atomic E-state index is -3.92. The van der Waals surface area contributed by atoms with Crippen molar-refractivity contribution in [3.8, 4) is 0 Å². The number of carbonyl (C=O) groups is 2. The van der Waals surface area contributed by atoms with E-state index in [1.807, 2.05) is 0 Å². The molecule has 36 heavy (non-hydrogen) atoms. The maximum absolute atomic E-state index is 13.6. The molecule has 2 aromatic carbocycles. The van der Waals surface area contributed by atoms with Gasteiger partial charge in [0.2, 0.25) is 21.8 Å². The minimum absolute atomic E-state index is 0.0434. The molecule has 1 fully saturated rings. The van der Waals surface area contributed by atoms with Crippen LogP contribution >= 0.6 is 46.4 Å². The first kappa shape index (κ1) is 28.9. The fraction of sp³-hybridized carbons (Fsp3) is 0.417. The summed E-state index contributed by atoms with van der Waals surface area (Å²) in [5.41, 5.74) is 0.577. The monoisotopic (exact) mass is 593 g/mol. The minimum Gasteiger partial charge on any atom is -0.352 e. The Kier molecular flexibility index (Phi) is 9.80. The van der Waals surface area contributed by atoms with Crippen molar-refractivity contribution in [1.29, 1.82) is 0 Å². The fourth-order valence-electron chi connectivity index (χ4n) is 4.13. The number of sulfonamides is 1. The van der Waals surface area contributed by atoms with E-state index in [0.717, 1.165) is 36.2 Å². The topological polar surface area (TPSA) is 86.8 Å². The quantitative estimate of drug-likeness (QED) is 0.413. The third kappa shape index (κ3) is 7.42. The number of carbonyl (C=O) groups excluding carboxylic acids is 2. The first-order valence-electron chi connectivity index (χ1n) is 11.3. The van der Waals surface area contributed by atoms with Crippen LogP contribution in [0.25, 0.3) is 0 Å². The van der Waals surface area contributed by atoms with Gasteiger partial charge in [0.1, 0.15) is 12.6 Å². The second-order valence-electron chi connectivity index (χ2n) is 8.79. The number of nitrogens with zero attached hydrogens (tertiary/aromatic N) is 2. The first-order valence-corrected chi connectivity index (χ1v) is 14.7. The van der Waals surface area contributed by atoms with Gasteiger partial charge in [0.15, 0.2) is 0 Å². The van der Waals surface area contributed by atoms with Crippen molar-refractivity contribution in [3.63, 3.8) is 0 Å². The van der Waals surface area contributed by atoms with Gasteiger partial charge in [-0.1, -0.05) is 65.3 Å². The molecule has 0 aliphatic heterocycles. The number of nitrogens with one attached hydrogen (secondary N) is 1. The Morgan fingerprint density at radius 3 is 2.11 bits per heavy atom. The van der Waals surface area contributed by atoms with E-state index in [1.54, 1.807) is 25.1 Å². The van der Waals surface area contributed by atoms with Crippen LogP contribution in [0.2, 0.25) is 20.1 Å². The summed E-state index contributed by atoms with van der Waals surface area (Å²) in [6.07, 6.45) is 4.78. The zero-order valence-electron chi connectivity index (χ0n) is 19.8. The summed E-state index contributed by atoms with van der Waals surface area (Å²) in [6.45, 7) is 0.914. The van der Waals surface area contributed by atoms with Gasteiger partial charge in [-0.05, 0) is 50.1 Å². The van der Waals surface area contributed by atoms with Crippen molar-refractivity contribution in [1.82, 2.24) is 10.2 Å². The lowest BCUT2D eigenvalue weighted by Gasteiger charge is -2.32. The third-order valence-corrected chi connectivity index (χ3v) is 8.36. The van der Waals surface area contributed by atoms with Crippen LogP contribution in [0.15, 0.2) is 36.4 Å². The average Bonchev–Trinajstić information content (AvgIpc) is 3.28.